The maximum atomic E-state index is 13.4. The standard InChI is InChI=1S/C17H15ClF5N3O3/c1-3-8(26-28-2)7-24-15(27)13-6-12(18)10-4-9(29-16(19)20)5-11(14(10)25-13)17(21,22)23/h4-6,16H,3,7H2,1-2H3,(H,24,27)/b26-8+. The fourth-order valence-corrected chi connectivity index (χ4v) is 2.64. The maximum absolute atomic E-state index is 13.4. The van der Waals surface area contributed by atoms with Crippen LogP contribution in [0.3, 0.4) is 0 Å². The number of hydrogen-bond donors (Lipinski definition) is 1. The number of aromatic nitrogens is 1. The minimum atomic E-state index is -4.95. The van der Waals surface area contributed by atoms with E-state index in [9.17, 15) is 26.7 Å². The zero-order valence-corrected chi connectivity index (χ0v) is 15.9. The van der Waals surface area contributed by atoms with Gasteiger partial charge in [0.15, 0.2) is 0 Å². The van der Waals surface area contributed by atoms with E-state index < -0.39 is 35.5 Å². The van der Waals surface area contributed by atoms with Gasteiger partial charge >= 0.3 is 12.8 Å². The number of nitrogens with zero attached hydrogens (tertiary/aromatic N) is 2. The molecule has 0 aliphatic rings. The van der Waals surface area contributed by atoms with Gasteiger partial charge in [0.05, 0.1) is 28.4 Å². The van der Waals surface area contributed by atoms with Gasteiger partial charge in [-0.3, -0.25) is 4.79 Å². The van der Waals surface area contributed by atoms with Gasteiger partial charge in [-0.1, -0.05) is 23.7 Å². The molecule has 0 unspecified atom stereocenters. The highest BCUT2D eigenvalue weighted by Gasteiger charge is 2.35. The third-order valence-electron chi connectivity index (χ3n) is 3.68. The van der Waals surface area contributed by atoms with Crippen LogP contribution in [0.2, 0.25) is 5.02 Å². The second kappa shape index (κ2) is 9.21. The van der Waals surface area contributed by atoms with Gasteiger partial charge in [-0.05, 0) is 24.6 Å². The molecule has 2 aromatic rings. The molecule has 0 aliphatic carbocycles. The predicted molar refractivity (Wildman–Crippen MR) is 95.5 cm³/mol. The van der Waals surface area contributed by atoms with E-state index in [-0.39, 0.29) is 22.6 Å². The summed E-state index contributed by atoms with van der Waals surface area (Å²) in [6.45, 7) is -1.58. The van der Waals surface area contributed by atoms with Gasteiger partial charge in [-0.25, -0.2) is 4.98 Å². The van der Waals surface area contributed by atoms with Crippen molar-refractivity contribution in [3.8, 4) is 5.75 Å². The number of nitrogens with one attached hydrogen (secondary N) is 1. The largest absolute Gasteiger partial charge is 0.435 e. The summed E-state index contributed by atoms with van der Waals surface area (Å²) in [6.07, 6.45) is -4.49. The van der Waals surface area contributed by atoms with Crippen LogP contribution in [0.4, 0.5) is 22.0 Å². The lowest BCUT2D eigenvalue weighted by Crippen LogP contribution is -2.30. The van der Waals surface area contributed by atoms with Crippen molar-refractivity contribution < 1.29 is 36.3 Å². The second-order valence-electron chi connectivity index (χ2n) is 5.61. The number of carbonyl (C=O) groups excluding carboxylic acids is 1. The molecule has 12 heteroatoms. The number of benzene rings is 1. The molecular weight excluding hydrogens is 425 g/mol. The van der Waals surface area contributed by atoms with Crippen molar-refractivity contribution in [1.29, 1.82) is 0 Å². The molecule has 0 saturated heterocycles. The average Bonchev–Trinajstić information content (AvgIpc) is 2.63. The Bertz CT molecular complexity index is 935. The molecule has 0 aliphatic heterocycles. The Balaban J connectivity index is 2.50. The van der Waals surface area contributed by atoms with Crippen LogP contribution in [0.1, 0.15) is 29.4 Å². The number of fused-ring (bicyclic) bond motifs is 1. The first-order valence-corrected chi connectivity index (χ1v) is 8.48. The van der Waals surface area contributed by atoms with Crippen molar-refractivity contribution in [2.75, 3.05) is 13.7 Å². The average molecular weight is 440 g/mol. The van der Waals surface area contributed by atoms with E-state index in [1.807, 2.05) is 0 Å². The number of amides is 1. The number of rotatable bonds is 7. The first-order chi connectivity index (χ1) is 13.6. The minimum absolute atomic E-state index is 0.0200. The summed E-state index contributed by atoms with van der Waals surface area (Å²) in [4.78, 5) is 20.7. The number of alkyl halides is 5. The van der Waals surface area contributed by atoms with Crippen molar-refractivity contribution in [2.45, 2.75) is 26.1 Å². The first-order valence-electron chi connectivity index (χ1n) is 8.10. The van der Waals surface area contributed by atoms with Crippen LogP contribution in [0.25, 0.3) is 10.9 Å². The molecule has 158 valence electrons. The predicted octanol–water partition coefficient (Wildman–Crippen LogP) is 4.65. The summed E-state index contributed by atoms with van der Waals surface area (Å²) in [6, 6.07) is 2.30. The topological polar surface area (TPSA) is 72.8 Å². The Kier molecular flexibility index (Phi) is 7.17. The fraction of sp³-hybridized carbons (Fsp3) is 0.353. The molecular formula is C17H15ClF5N3O3. The lowest BCUT2D eigenvalue weighted by atomic mass is 10.1. The van der Waals surface area contributed by atoms with Crippen LogP contribution in [0, 0.1) is 0 Å². The SMILES string of the molecule is CC/C(CNC(=O)c1cc(Cl)c2cc(OC(F)F)cc(C(F)(F)F)c2n1)=N\OC. The molecule has 1 heterocycles. The monoisotopic (exact) mass is 439 g/mol. The Labute approximate surface area is 166 Å². The second-order valence-corrected chi connectivity index (χ2v) is 6.02. The normalized spacial score (nSPS) is 12.4. The molecule has 2 rings (SSSR count). The van der Waals surface area contributed by atoms with Crippen molar-refractivity contribution in [3.63, 3.8) is 0 Å². The third kappa shape index (κ3) is 5.66. The molecule has 6 nitrogen and oxygen atoms in total. The van der Waals surface area contributed by atoms with E-state index in [0.29, 0.717) is 18.2 Å². The number of pyridine rings is 1. The highest BCUT2D eigenvalue weighted by atomic mass is 35.5. The molecule has 29 heavy (non-hydrogen) atoms. The maximum Gasteiger partial charge on any atom is 0.418 e. The van der Waals surface area contributed by atoms with Crippen LogP contribution >= 0.6 is 11.6 Å². The zero-order valence-electron chi connectivity index (χ0n) is 15.1. The van der Waals surface area contributed by atoms with Crippen LogP contribution in [0.5, 0.6) is 5.75 Å². The molecule has 1 aromatic heterocycles. The molecule has 0 radical (unpaired) electrons. The smallest absolute Gasteiger partial charge is 0.418 e. The van der Waals surface area contributed by atoms with Gasteiger partial charge in [-0.2, -0.15) is 22.0 Å². The van der Waals surface area contributed by atoms with Crippen molar-refractivity contribution >= 4 is 34.1 Å². The number of carbonyl (C=O) groups is 1. The highest BCUT2D eigenvalue weighted by Crippen LogP contribution is 2.39. The van der Waals surface area contributed by atoms with E-state index in [1.165, 1.54) is 7.11 Å². The summed E-state index contributed by atoms with van der Waals surface area (Å²) < 4.78 is 69.2. The highest BCUT2D eigenvalue weighted by molar-refractivity contribution is 6.35. The number of ether oxygens (including phenoxy) is 1. The quantitative estimate of drug-likeness (QED) is 0.387. The molecule has 0 saturated carbocycles. The van der Waals surface area contributed by atoms with Crippen LogP contribution in [-0.4, -0.2) is 36.9 Å². The Morgan fingerprint density at radius 2 is 2.00 bits per heavy atom. The third-order valence-corrected chi connectivity index (χ3v) is 3.99. The van der Waals surface area contributed by atoms with Crippen molar-refractivity contribution in [3.05, 3.63) is 34.5 Å². The first kappa shape index (κ1) is 22.6. The van der Waals surface area contributed by atoms with E-state index >= 15 is 0 Å². The summed E-state index contributed by atoms with van der Waals surface area (Å²) in [5.74, 6) is -1.53. The molecule has 1 N–H and O–H groups in total. The van der Waals surface area contributed by atoms with Gasteiger partial charge < -0.3 is 14.9 Å². The van der Waals surface area contributed by atoms with Gasteiger partial charge in [0.2, 0.25) is 0 Å². The van der Waals surface area contributed by atoms with Gasteiger partial charge in [0, 0.05) is 5.39 Å². The summed E-state index contributed by atoms with van der Waals surface area (Å²) in [5, 5.41) is 5.56. The van der Waals surface area contributed by atoms with Crippen LogP contribution < -0.4 is 10.1 Å². The molecule has 1 aromatic carbocycles. The lowest BCUT2D eigenvalue weighted by Gasteiger charge is -2.15. The Morgan fingerprint density at radius 1 is 1.31 bits per heavy atom. The summed E-state index contributed by atoms with van der Waals surface area (Å²) in [7, 11) is 1.33. The van der Waals surface area contributed by atoms with Gasteiger partial charge in [0.1, 0.15) is 18.6 Å². The number of hydrogen-bond acceptors (Lipinski definition) is 5. The van der Waals surface area contributed by atoms with E-state index in [4.69, 9.17) is 11.6 Å². The van der Waals surface area contributed by atoms with E-state index in [1.54, 1.807) is 6.92 Å². The van der Waals surface area contributed by atoms with E-state index in [0.717, 1.165) is 12.1 Å². The zero-order chi connectivity index (χ0) is 21.8. The number of halogens is 6. The van der Waals surface area contributed by atoms with E-state index in [2.05, 4.69) is 25.0 Å². The fourth-order valence-electron chi connectivity index (χ4n) is 2.39. The lowest BCUT2D eigenvalue weighted by molar-refractivity contribution is -0.136. The Morgan fingerprint density at radius 3 is 2.55 bits per heavy atom. The summed E-state index contributed by atoms with van der Waals surface area (Å²) in [5.41, 5.74) is -1.93. The summed E-state index contributed by atoms with van der Waals surface area (Å²) >= 11 is 6.00. The molecule has 0 spiro atoms. The van der Waals surface area contributed by atoms with Crippen molar-refractivity contribution in [2.24, 2.45) is 5.16 Å². The molecule has 1 amide bonds. The van der Waals surface area contributed by atoms with Crippen molar-refractivity contribution in [1.82, 2.24) is 10.3 Å². The number of oxime groups is 1. The molecule has 0 atom stereocenters. The van der Waals surface area contributed by atoms with Crippen LogP contribution in [0.15, 0.2) is 23.4 Å². The van der Waals surface area contributed by atoms with Gasteiger partial charge in [-0.15, -0.1) is 0 Å². The molecule has 0 bridgehead atoms. The minimum Gasteiger partial charge on any atom is -0.435 e. The molecule has 0 fully saturated rings. The van der Waals surface area contributed by atoms with Crippen LogP contribution in [-0.2, 0) is 11.0 Å². The van der Waals surface area contributed by atoms with Gasteiger partial charge in [0.25, 0.3) is 5.91 Å². The Hall–Kier alpha value is -2.69.